The lowest BCUT2D eigenvalue weighted by Crippen LogP contribution is -2.52. The summed E-state index contributed by atoms with van der Waals surface area (Å²) in [5.74, 6) is 0.693. The first kappa shape index (κ1) is 10.9. The predicted octanol–water partition coefficient (Wildman–Crippen LogP) is 2.02. The molecule has 0 amide bonds. The Bertz CT molecular complexity index is 246. The molecule has 0 radical (unpaired) electrons. The lowest BCUT2D eigenvalue weighted by atomic mass is 9.76. The normalized spacial score (nSPS) is 25.7. The number of nitrogens with one attached hydrogen (secondary N) is 1. The second-order valence-electron chi connectivity index (χ2n) is 5.46. The first-order chi connectivity index (χ1) is 7.10. The molecular weight excluding hydrogens is 190 g/mol. The Labute approximate surface area is 91.2 Å². The smallest absolute Gasteiger partial charge is 0.323 e. The molecule has 2 rings (SSSR count). The Morgan fingerprint density at radius 2 is 2.00 bits per heavy atom. The van der Waals surface area contributed by atoms with Crippen LogP contribution in [0.4, 0.5) is 0 Å². The van der Waals surface area contributed by atoms with Crippen molar-refractivity contribution in [1.29, 1.82) is 0 Å². The number of carboxylic acid groups (broad SMARTS) is 1. The van der Waals surface area contributed by atoms with Gasteiger partial charge in [-0.2, -0.15) is 0 Å². The van der Waals surface area contributed by atoms with Crippen molar-refractivity contribution in [2.24, 2.45) is 11.8 Å². The van der Waals surface area contributed by atoms with Gasteiger partial charge in [-0.3, -0.25) is 4.79 Å². The van der Waals surface area contributed by atoms with Gasteiger partial charge in [-0.1, -0.05) is 19.3 Å². The molecule has 0 spiro atoms. The van der Waals surface area contributed by atoms with Crippen molar-refractivity contribution in [2.45, 2.75) is 51.0 Å². The van der Waals surface area contributed by atoms with Gasteiger partial charge >= 0.3 is 5.97 Å². The van der Waals surface area contributed by atoms with E-state index in [9.17, 15) is 9.90 Å². The third kappa shape index (κ3) is 2.71. The van der Waals surface area contributed by atoms with Crippen molar-refractivity contribution in [3.63, 3.8) is 0 Å². The fraction of sp³-hybridized carbons (Fsp3) is 0.917. The molecule has 86 valence electrons. The maximum Gasteiger partial charge on any atom is 0.323 e. The summed E-state index contributed by atoms with van der Waals surface area (Å²) in [5, 5.41) is 12.5. The molecule has 0 bridgehead atoms. The number of carbonyl (C=O) groups is 1. The molecule has 2 saturated carbocycles. The van der Waals surface area contributed by atoms with Crippen LogP contribution in [0.15, 0.2) is 0 Å². The third-order valence-electron chi connectivity index (χ3n) is 3.87. The maximum absolute atomic E-state index is 11.3. The number of hydrogen-bond donors (Lipinski definition) is 2. The Morgan fingerprint density at radius 3 is 2.40 bits per heavy atom. The first-order valence-electron chi connectivity index (χ1n) is 6.08. The van der Waals surface area contributed by atoms with Crippen LogP contribution in [0.2, 0.25) is 0 Å². The van der Waals surface area contributed by atoms with Crippen molar-refractivity contribution < 1.29 is 9.90 Å². The van der Waals surface area contributed by atoms with Gasteiger partial charge < -0.3 is 10.4 Å². The van der Waals surface area contributed by atoms with Gasteiger partial charge in [-0.15, -0.1) is 0 Å². The fourth-order valence-corrected chi connectivity index (χ4v) is 2.20. The molecule has 15 heavy (non-hydrogen) atoms. The zero-order valence-electron chi connectivity index (χ0n) is 9.46. The molecule has 2 aliphatic rings. The van der Waals surface area contributed by atoms with Gasteiger partial charge in [-0.25, -0.2) is 0 Å². The summed E-state index contributed by atoms with van der Waals surface area (Å²) < 4.78 is 0. The van der Waals surface area contributed by atoms with E-state index in [1.54, 1.807) is 0 Å². The summed E-state index contributed by atoms with van der Waals surface area (Å²) >= 11 is 0. The monoisotopic (exact) mass is 211 g/mol. The summed E-state index contributed by atoms with van der Waals surface area (Å²) in [6.07, 6.45) is 7.05. The molecule has 0 aromatic heterocycles. The van der Waals surface area contributed by atoms with Crippen LogP contribution in [0.3, 0.4) is 0 Å². The minimum Gasteiger partial charge on any atom is -0.480 e. The molecule has 0 heterocycles. The van der Waals surface area contributed by atoms with E-state index in [2.05, 4.69) is 5.32 Å². The van der Waals surface area contributed by atoms with Crippen LogP contribution in [0, 0.1) is 11.8 Å². The quantitative estimate of drug-likeness (QED) is 0.706. The van der Waals surface area contributed by atoms with Crippen LogP contribution in [0.25, 0.3) is 0 Å². The molecular formula is C12H21NO2. The van der Waals surface area contributed by atoms with Crippen molar-refractivity contribution in [3.05, 3.63) is 0 Å². The third-order valence-corrected chi connectivity index (χ3v) is 3.87. The standard InChI is InChI=1S/C12H21NO2/c1-12(11(14)15,7-9-3-2-4-9)13-8-10-5-6-10/h9-10,13H,2-8H2,1H3,(H,14,15). The van der Waals surface area contributed by atoms with Gasteiger partial charge in [0.25, 0.3) is 0 Å². The van der Waals surface area contributed by atoms with Gasteiger partial charge in [0.1, 0.15) is 5.54 Å². The van der Waals surface area contributed by atoms with Crippen LogP contribution in [0.5, 0.6) is 0 Å². The highest BCUT2D eigenvalue weighted by atomic mass is 16.4. The Morgan fingerprint density at radius 1 is 1.33 bits per heavy atom. The van der Waals surface area contributed by atoms with Crippen molar-refractivity contribution in [3.8, 4) is 0 Å². The summed E-state index contributed by atoms with van der Waals surface area (Å²) in [7, 11) is 0. The maximum atomic E-state index is 11.3. The first-order valence-corrected chi connectivity index (χ1v) is 6.08. The molecule has 0 aromatic carbocycles. The Hall–Kier alpha value is -0.570. The van der Waals surface area contributed by atoms with Crippen LogP contribution in [-0.2, 0) is 4.79 Å². The van der Waals surface area contributed by atoms with Crippen LogP contribution >= 0.6 is 0 Å². The van der Waals surface area contributed by atoms with E-state index in [1.165, 1.54) is 32.1 Å². The van der Waals surface area contributed by atoms with E-state index in [1.807, 2.05) is 6.92 Å². The molecule has 3 nitrogen and oxygen atoms in total. The van der Waals surface area contributed by atoms with E-state index in [0.717, 1.165) is 18.9 Å². The van der Waals surface area contributed by atoms with Crippen LogP contribution in [-0.4, -0.2) is 23.2 Å². The van der Waals surface area contributed by atoms with Gasteiger partial charge in [0.2, 0.25) is 0 Å². The highest BCUT2D eigenvalue weighted by molar-refractivity contribution is 5.78. The summed E-state index contributed by atoms with van der Waals surface area (Å²) in [6.45, 7) is 2.73. The molecule has 3 heteroatoms. The second kappa shape index (κ2) is 4.12. The average Bonchev–Trinajstić information content (AvgIpc) is 2.91. The topological polar surface area (TPSA) is 49.3 Å². The van der Waals surface area contributed by atoms with Gasteiger partial charge in [0, 0.05) is 0 Å². The van der Waals surface area contributed by atoms with E-state index >= 15 is 0 Å². The van der Waals surface area contributed by atoms with Gasteiger partial charge in [0.15, 0.2) is 0 Å². The molecule has 1 atom stereocenters. The number of carboxylic acids is 1. The van der Waals surface area contributed by atoms with E-state index < -0.39 is 11.5 Å². The summed E-state index contributed by atoms with van der Waals surface area (Å²) in [4.78, 5) is 11.3. The average molecular weight is 211 g/mol. The molecule has 0 aromatic rings. The molecule has 2 fully saturated rings. The van der Waals surface area contributed by atoms with Crippen LogP contribution < -0.4 is 5.32 Å². The van der Waals surface area contributed by atoms with Crippen molar-refractivity contribution in [2.75, 3.05) is 6.54 Å². The number of hydrogen-bond acceptors (Lipinski definition) is 2. The van der Waals surface area contributed by atoms with E-state index in [0.29, 0.717) is 5.92 Å². The number of rotatable bonds is 6. The van der Waals surface area contributed by atoms with Gasteiger partial charge in [-0.05, 0) is 44.6 Å². The van der Waals surface area contributed by atoms with E-state index in [4.69, 9.17) is 0 Å². The minimum absolute atomic E-state index is 0.637. The lowest BCUT2D eigenvalue weighted by Gasteiger charge is -2.34. The molecule has 2 N–H and O–H groups in total. The SMILES string of the molecule is CC(CC1CCC1)(NCC1CC1)C(=O)O. The number of aliphatic carboxylic acids is 1. The van der Waals surface area contributed by atoms with Crippen molar-refractivity contribution >= 4 is 5.97 Å². The molecule has 1 unspecified atom stereocenters. The zero-order valence-corrected chi connectivity index (χ0v) is 9.46. The van der Waals surface area contributed by atoms with E-state index in [-0.39, 0.29) is 0 Å². The zero-order chi connectivity index (χ0) is 10.9. The summed E-state index contributed by atoms with van der Waals surface area (Å²) in [5.41, 5.74) is -0.687. The molecule has 0 saturated heterocycles. The minimum atomic E-state index is -0.687. The molecule has 2 aliphatic carbocycles. The molecule has 0 aliphatic heterocycles. The largest absolute Gasteiger partial charge is 0.480 e. The van der Waals surface area contributed by atoms with Crippen LogP contribution in [0.1, 0.15) is 45.4 Å². The Balaban J connectivity index is 1.84. The second-order valence-corrected chi connectivity index (χ2v) is 5.46. The fourth-order valence-electron chi connectivity index (χ4n) is 2.20. The lowest BCUT2D eigenvalue weighted by molar-refractivity contribution is -0.145. The highest BCUT2D eigenvalue weighted by Gasteiger charge is 2.38. The van der Waals surface area contributed by atoms with Crippen molar-refractivity contribution in [1.82, 2.24) is 5.32 Å². The highest BCUT2D eigenvalue weighted by Crippen LogP contribution is 2.35. The summed E-state index contributed by atoms with van der Waals surface area (Å²) in [6, 6.07) is 0. The Kier molecular flexibility index (Phi) is 3.01. The predicted molar refractivity (Wildman–Crippen MR) is 58.7 cm³/mol. The van der Waals surface area contributed by atoms with Gasteiger partial charge in [0.05, 0.1) is 0 Å².